The summed E-state index contributed by atoms with van der Waals surface area (Å²) in [6.45, 7) is 6.07. The van der Waals surface area contributed by atoms with Crippen molar-refractivity contribution in [3.8, 4) is 11.8 Å². The zero-order valence-electron chi connectivity index (χ0n) is 9.47. The van der Waals surface area contributed by atoms with Crippen molar-refractivity contribution in [1.82, 2.24) is 0 Å². The highest BCUT2D eigenvalue weighted by Crippen LogP contribution is 2.23. The van der Waals surface area contributed by atoms with E-state index in [1.807, 2.05) is 6.92 Å². The van der Waals surface area contributed by atoms with Crippen LogP contribution in [0, 0.1) is 21.4 Å². The van der Waals surface area contributed by atoms with Gasteiger partial charge in [-0.1, -0.05) is 5.57 Å². The lowest BCUT2D eigenvalue weighted by Gasteiger charge is -2.06. The van der Waals surface area contributed by atoms with Gasteiger partial charge in [0.25, 0.3) is 5.69 Å². The molecule has 0 amide bonds. The third-order valence-corrected chi connectivity index (χ3v) is 2.08. The molecule has 1 aromatic rings. The second-order valence-electron chi connectivity index (χ2n) is 3.60. The standard InChI is InChI=1S/C12H12N2O3/c1-9(2)5-6-17-11-3-4-12(14(15)16)10(7-11)8-13/h3-4,7H,1,5-6H2,2H3. The first-order chi connectivity index (χ1) is 8.04. The summed E-state index contributed by atoms with van der Waals surface area (Å²) < 4.78 is 5.36. The van der Waals surface area contributed by atoms with Crippen molar-refractivity contribution < 1.29 is 9.66 Å². The second kappa shape index (κ2) is 5.66. The van der Waals surface area contributed by atoms with Gasteiger partial charge >= 0.3 is 0 Å². The molecule has 0 N–H and O–H groups in total. The minimum atomic E-state index is -0.587. The lowest BCUT2D eigenvalue weighted by atomic mass is 10.2. The molecule has 17 heavy (non-hydrogen) atoms. The molecular weight excluding hydrogens is 220 g/mol. The summed E-state index contributed by atoms with van der Waals surface area (Å²) in [6, 6.07) is 5.90. The van der Waals surface area contributed by atoms with E-state index in [-0.39, 0.29) is 11.3 Å². The Balaban J connectivity index is 2.80. The van der Waals surface area contributed by atoms with Crippen molar-refractivity contribution in [1.29, 1.82) is 5.26 Å². The number of nitro benzene ring substituents is 1. The van der Waals surface area contributed by atoms with Crippen LogP contribution in [0.3, 0.4) is 0 Å². The van der Waals surface area contributed by atoms with E-state index in [2.05, 4.69) is 6.58 Å². The summed E-state index contributed by atoms with van der Waals surface area (Å²) in [4.78, 5) is 10.0. The van der Waals surface area contributed by atoms with Gasteiger partial charge in [-0.25, -0.2) is 0 Å². The van der Waals surface area contributed by atoms with Crippen LogP contribution in [0.2, 0.25) is 0 Å². The maximum Gasteiger partial charge on any atom is 0.287 e. The van der Waals surface area contributed by atoms with E-state index in [0.717, 1.165) is 5.57 Å². The lowest BCUT2D eigenvalue weighted by molar-refractivity contribution is -0.385. The molecular formula is C12H12N2O3. The van der Waals surface area contributed by atoms with Crippen LogP contribution in [0.4, 0.5) is 5.69 Å². The first kappa shape index (κ1) is 12.7. The van der Waals surface area contributed by atoms with E-state index in [1.54, 1.807) is 6.07 Å². The highest BCUT2D eigenvalue weighted by Gasteiger charge is 2.13. The Hall–Kier alpha value is -2.35. The Morgan fingerprint density at radius 3 is 2.88 bits per heavy atom. The molecule has 0 aliphatic heterocycles. The summed E-state index contributed by atoms with van der Waals surface area (Å²) in [5.74, 6) is 0.452. The Morgan fingerprint density at radius 2 is 2.35 bits per heavy atom. The van der Waals surface area contributed by atoms with Gasteiger partial charge in [-0.05, 0) is 13.0 Å². The maximum atomic E-state index is 10.6. The summed E-state index contributed by atoms with van der Waals surface area (Å²) >= 11 is 0. The molecule has 0 saturated heterocycles. The summed E-state index contributed by atoms with van der Waals surface area (Å²) in [5.41, 5.74) is 0.787. The van der Waals surface area contributed by atoms with Crippen LogP contribution in [0.25, 0.3) is 0 Å². The van der Waals surface area contributed by atoms with Crippen LogP contribution >= 0.6 is 0 Å². The summed E-state index contributed by atoms with van der Waals surface area (Å²) in [6.07, 6.45) is 0.707. The first-order valence-corrected chi connectivity index (χ1v) is 5.00. The number of hydrogen-bond donors (Lipinski definition) is 0. The minimum absolute atomic E-state index is 0.00262. The topological polar surface area (TPSA) is 76.2 Å². The van der Waals surface area contributed by atoms with E-state index in [4.69, 9.17) is 10.00 Å². The van der Waals surface area contributed by atoms with Gasteiger partial charge in [0.1, 0.15) is 17.4 Å². The number of nitro groups is 1. The molecule has 88 valence electrons. The van der Waals surface area contributed by atoms with Crippen molar-refractivity contribution in [3.05, 3.63) is 46.0 Å². The van der Waals surface area contributed by atoms with Crippen molar-refractivity contribution in [2.75, 3.05) is 6.61 Å². The highest BCUT2D eigenvalue weighted by molar-refractivity contribution is 5.52. The molecule has 1 aromatic carbocycles. The van der Waals surface area contributed by atoms with E-state index in [1.165, 1.54) is 18.2 Å². The molecule has 0 heterocycles. The van der Waals surface area contributed by atoms with Gasteiger partial charge < -0.3 is 4.74 Å². The van der Waals surface area contributed by atoms with Crippen LogP contribution in [-0.4, -0.2) is 11.5 Å². The summed E-state index contributed by atoms with van der Waals surface area (Å²) in [5, 5.41) is 19.4. The molecule has 0 bridgehead atoms. The van der Waals surface area contributed by atoms with Crippen molar-refractivity contribution >= 4 is 5.69 Å². The summed E-state index contributed by atoms with van der Waals surface area (Å²) in [7, 11) is 0. The van der Waals surface area contributed by atoms with Crippen LogP contribution in [-0.2, 0) is 0 Å². The fraction of sp³-hybridized carbons (Fsp3) is 0.250. The molecule has 0 saturated carbocycles. The molecule has 0 aromatic heterocycles. The average molecular weight is 232 g/mol. The first-order valence-electron chi connectivity index (χ1n) is 5.00. The Morgan fingerprint density at radius 1 is 1.65 bits per heavy atom. The fourth-order valence-corrected chi connectivity index (χ4v) is 1.20. The molecule has 0 atom stereocenters. The Bertz CT molecular complexity index is 489. The predicted octanol–water partition coefficient (Wildman–Crippen LogP) is 2.81. The van der Waals surface area contributed by atoms with Gasteiger partial charge in [0.15, 0.2) is 0 Å². The van der Waals surface area contributed by atoms with Gasteiger partial charge in [-0.15, -0.1) is 6.58 Å². The van der Waals surface area contributed by atoms with Crippen LogP contribution in [0.15, 0.2) is 30.4 Å². The van der Waals surface area contributed by atoms with E-state index >= 15 is 0 Å². The number of ether oxygens (including phenoxy) is 1. The van der Waals surface area contributed by atoms with Gasteiger partial charge in [0.05, 0.1) is 11.5 Å². The average Bonchev–Trinajstić information content (AvgIpc) is 2.28. The number of benzene rings is 1. The molecule has 0 aliphatic rings. The maximum absolute atomic E-state index is 10.6. The third-order valence-electron chi connectivity index (χ3n) is 2.08. The molecule has 0 radical (unpaired) electrons. The number of nitrogens with zero attached hydrogens (tertiary/aromatic N) is 2. The van der Waals surface area contributed by atoms with Gasteiger partial charge in [0.2, 0.25) is 0 Å². The normalized spacial score (nSPS) is 9.41. The second-order valence-corrected chi connectivity index (χ2v) is 3.60. The number of rotatable bonds is 5. The monoisotopic (exact) mass is 232 g/mol. The zero-order chi connectivity index (χ0) is 12.8. The molecule has 1 rings (SSSR count). The third kappa shape index (κ3) is 3.61. The zero-order valence-corrected chi connectivity index (χ0v) is 9.47. The van der Waals surface area contributed by atoms with Crippen molar-refractivity contribution in [2.24, 2.45) is 0 Å². The number of hydrogen-bond acceptors (Lipinski definition) is 4. The van der Waals surface area contributed by atoms with E-state index in [9.17, 15) is 10.1 Å². The molecule has 5 heteroatoms. The van der Waals surface area contributed by atoms with Crippen molar-refractivity contribution in [3.63, 3.8) is 0 Å². The molecule has 0 fully saturated rings. The van der Waals surface area contributed by atoms with Crippen LogP contribution in [0.1, 0.15) is 18.9 Å². The van der Waals surface area contributed by atoms with Gasteiger partial charge in [-0.3, -0.25) is 10.1 Å². The Kier molecular flexibility index (Phi) is 4.23. The van der Waals surface area contributed by atoms with E-state index in [0.29, 0.717) is 18.8 Å². The molecule has 0 spiro atoms. The molecule has 5 nitrogen and oxygen atoms in total. The number of nitriles is 1. The van der Waals surface area contributed by atoms with Crippen LogP contribution < -0.4 is 4.74 Å². The fourth-order valence-electron chi connectivity index (χ4n) is 1.20. The lowest BCUT2D eigenvalue weighted by Crippen LogP contribution is -1.99. The van der Waals surface area contributed by atoms with Crippen molar-refractivity contribution in [2.45, 2.75) is 13.3 Å². The Labute approximate surface area is 99.1 Å². The molecule has 0 aliphatic carbocycles. The quantitative estimate of drug-likeness (QED) is 0.444. The van der Waals surface area contributed by atoms with Gasteiger partial charge in [0, 0.05) is 18.6 Å². The smallest absolute Gasteiger partial charge is 0.287 e. The SMILES string of the molecule is C=C(C)CCOc1ccc([N+](=O)[O-])c(C#N)c1. The van der Waals surface area contributed by atoms with Gasteiger partial charge in [-0.2, -0.15) is 5.26 Å². The largest absolute Gasteiger partial charge is 0.493 e. The molecule has 0 unspecified atom stereocenters. The highest BCUT2D eigenvalue weighted by atomic mass is 16.6. The minimum Gasteiger partial charge on any atom is -0.493 e. The van der Waals surface area contributed by atoms with Crippen LogP contribution in [0.5, 0.6) is 5.75 Å². The predicted molar refractivity (Wildman–Crippen MR) is 62.7 cm³/mol. The van der Waals surface area contributed by atoms with E-state index < -0.39 is 4.92 Å².